The maximum atomic E-state index is 14.1. The summed E-state index contributed by atoms with van der Waals surface area (Å²) < 4.78 is 17.3. The molecule has 0 unspecified atom stereocenters. The highest BCUT2D eigenvalue weighted by molar-refractivity contribution is 5.73. The normalized spacial score (nSPS) is 43.2. The first kappa shape index (κ1) is 36.5. The minimum Gasteiger partial charge on any atom is -0.462 e. The molecule has 1 saturated heterocycles. The molecule has 47 heavy (non-hydrogen) atoms. The maximum absolute atomic E-state index is 14.1. The number of fused-ring (bicyclic) bond motifs is 4. The summed E-state index contributed by atoms with van der Waals surface area (Å²) in [7, 11) is 0. The average Bonchev–Trinajstić information content (AvgIpc) is 3.27. The summed E-state index contributed by atoms with van der Waals surface area (Å²) in [6, 6.07) is 0. The van der Waals surface area contributed by atoms with Crippen molar-refractivity contribution in [3.8, 4) is 0 Å². The Balaban J connectivity index is 1.44. The van der Waals surface area contributed by atoms with Crippen molar-refractivity contribution in [2.75, 3.05) is 6.61 Å². The maximum Gasteiger partial charge on any atom is 0.311 e. The molecule has 0 aromatic carbocycles. The van der Waals surface area contributed by atoms with Gasteiger partial charge < -0.3 is 34.6 Å². The minimum absolute atomic E-state index is 0.0427. The minimum atomic E-state index is -1.63. The standard InChI is InChI=1S/C38H60O9/c1-21(2)10-9-11-23(33(44)47-34-32(43)31(42)30(41)27(20-39)46-34)24-14-18-38(8)26-12-13-28-35(4,5)29(45-22(3)40)16-17-36(28,6)25(26)15-19-37(24,38)7/h10,23-24,27-32,34,39,41-43H,9,11-20H2,1-8H3/t23-,24-,27-,28+,29+,30-,31+,32-,34+,36-,37-,38+/m1/s1. The highest BCUT2D eigenvalue weighted by Gasteiger charge is 2.64. The number of ether oxygens (including phenoxy) is 3. The topological polar surface area (TPSA) is 143 Å². The van der Waals surface area contributed by atoms with E-state index in [2.05, 4.69) is 40.7 Å². The van der Waals surface area contributed by atoms with Gasteiger partial charge in [-0.3, -0.25) is 9.59 Å². The Hall–Kier alpha value is -1.78. The Bertz CT molecular complexity index is 1270. The van der Waals surface area contributed by atoms with E-state index in [1.54, 1.807) is 11.1 Å². The van der Waals surface area contributed by atoms with Crippen LogP contribution in [-0.2, 0) is 23.8 Å². The van der Waals surface area contributed by atoms with Crippen LogP contribution in [0.5, 0.6) is 0 Å². The van der Waals surface area contributed by atoms with Crippen molar-refractivity contribution >= 4 is 11.9 Å². The Labute approximate surface area is 281 Å². The zero-order valence-electron chi connectivity index (χ0n) is 29.9. The number of aliphatic hydroxyl groups excluding tert-OH is 4. The molecule has 4 N–H and O–H groups in total. The lowest BCUT2D eigenvalue weighted by atomic mass is 9.43. The van der Waals surface area contributed by atoms with E-state index in [1.807, 2.05) is 13.8 Å². The first-order valence-electron chi connectivity index (χ1n) is 18.0. The molecule has 4 aliphatic carbocycles. The fourth-order valence-corrected chi connectivity index (χ4v) is 11.2. The summed E-state index contributed by atoms with van der Waals surface area (Å²) in [6.45, 7) is 16.8. The van der Waals surface area contributed by atoms with Crippen LogP contribution in [0.25, 0.3) is 0 Å². The second-order valence-electron chi connectivity index (χ2n) is 16.9. The van der Waals surface area contributed by atoms with Crippen LogP contribution >= 0.6 is 0 Å². The van der Waals surface area contributed by atoms with Crippen molar-refractivity contribution in [2.45, 2.75) is 156 Å². The first-order chi connectivity index (χ1) is 21.9. The number of rotatable bonds is 8. The van der Waals surface area contributed by atoms with Crippen LogP contribution in [-0.4, -0.2) is 75.8 Å². The van der Waals surface area contributed by atoms with Gasteiger partial charge in [-0.1, -0.05) is 57.4 Å². The molecule has 0 radical (unpaired) electrons. The lowest BCUT2D eigenvalue weighted by molar-refractivity contribution is -0.294. The molecule has 0 aromatic rings. The summed E-state index contributed by atoms with van der Waals surface area (Å²) in [5.74, 6) is -0.650. The molecule has 12 atom stereocenters. The van der Waals surface area contributed by atoms with Gasteiger partial charge in [0, 0.05) is 12.3 Å². The van der Waals surface area contributed by atoms with E-state index in [9.17, 15) is 30.0 Å². The molecule has 9 nitrogen and oxygen atoms in total. The van der Waals surface area contributed by atoms with Gasteiger partial charge >= 0.3 is 11.9 Å². The molecule has 0 amide bonds. The zero-order chi connectivity index (χ0) is 34.7. The van der Waals surface area contributed by atoms with E-state index in [0.29, 0.717) is 18.8 Å². The van der Waals surface area contributed by atoms with Gasteiger partial charge in [0.05, 0.1) is 12.5 Å². The number of hydrogen-bond donors (Lipinski definition) is 4. The highest BCUT2D eigenvalue weighted by atomic mass is 16.7. The number of carbonyl (C=O) groups excluding carboxylic acids is 2. The van der Waals surface area contributed by atoms with Crippen LogP contribution in [0.2, 0.25) is 0 Å². The van der Waals surface area contributed by atoms with Crippen LogP contribution < -0.4 is 0 Å². The summed E-state index contributed by atoms with van der Waals surface area (Å²) in [6.07, 6.45) is 3.77. The zero-order valence-corrected chi connectivity index (χ0v) is 29.9. The largest absolute Gasteiger partial charge is 0.462 e. The van der Waals surface area contributed by atoms with E-state index in [0.717, 1.165) is 51.4 Å². The summed E-state index contributed by atoms with van der Waals surface area (Å²) in [5.41, 5.74) is 4.06. The first-order valence-corrected chi connectivity index (χ1v) is 18.0. The monoisotopic (exact) mass is 660 g/mol. The van der Waals surface area contributed by atoms with E-state index < -0.39 is 49.2 Å². The van der Waals surface area contributed by atoms with Gasteiger partial charge in [-0.25, -0.2) is 0 Å². The molecule has 0 aromatic heterocycles. The van der Waals surface area contributed by atoms with Crippen molar-refractivity contribution in [3.05, 3.63) is 22.8 Å². The number of allylic oxidation sites excluding steroid dienone is 4. The SMILES string of the molecule is CC(=O)O[C@H]1CC[C@]2(C)C3=C(CC[C@H]2C1(C)C)[C@]1(C)CC[C@H]([C@@H](CCC=C(C)C)C(=O)O[C@@H]2O[C@H](CO)[C@@H](O)[C@H](O)[C@H]2O)[C@@]1(C)CC3. The smallest absolute Gasteiger partial charge is 0.311 e. The van der Waals surface area contributed by atoms with E-state index >= 15 is 0 Å². The molecule has 1 aliphatic heterocycles. The molecule has 1 heterocycles. The number of hydrogen-bond acceptors (Lipinski definition) is 9. The van der Waals surface area contributed by atoms with Gasteiger partial charge in [0.1, 0.15) is 30.5 Å². The van der Waals surface area contributed by atoms with Gasteiger partial charge in [0.15, 0.2) is 0 Å². The van der Waals surface area contributed by atoms with E-state index in [4.69, 9.17) is 14.2 Å². The average molecular weight is 661 g/mol. The highest BCUT2D eigenvalue weighted by Crippen LogP contribution is 2.72. The molecular weight excluding hydrogens is 600 g/mol. The summed E-state index contributed by atoms with van der Waals surface area (Å²) >= 11 is 0. The Morgan fingerprint density at radius 1 is 0.894 bits per heavy atom. The fraction of sp³-hybridized carbons (Fsp3) is 0.842. The lowest BCUT2D eigenvalue weighted by Crippen LogP contribution is -2.59. The van der Waals surface area contributed by atoms with Gasteiger partial charge in [-0.2, -0.15) is 0 Å². The second-order valence-corrected chi connectivity index (χ2v) is 16.9. The summed E-state index contributed by atoms with van der Waals surface area (Å²) in [4.78, 5) is 26.1. The molecule has 3 fully saturated rings. The molecule has 5 aliphatic rings. The van der Waals surface area contributed by atoms with Crippen LogP contribution in [0.1, 0.15) is 120 Å². The van der Waals surface area contributed by atoms with E-state index in [1.165, 1.54) is 12.5 Å². The van der Waals surface area contributed by atoms with Gasteiger partial charge in [0.25, 0.3) is 0 Å². The Morgan fingerprint density at radius 2 is 1.60 bits per heavy atom. The van der Waals surface area contributed by atoms with E-state index in [-0.39, 0.29) is 39.7 Å². The molecule has 0 spiro atoms. The van der Waals surface area contributed by atoms with Crippen LogP contribution in [0.4, 0.5) is 0 Å². The number of aliphatic hydroxyl groups is 4. The van der Waals surface area contributed by atoms with Crippen LogP contribution in [0, 0.1) is 39.4 Å². The van der Waals surface area contributed by atoms with Gasteiger partial charge in [0.2, 0.25) is 6.29 Å². The van der Waals surface area contributed by atoms with Crippen molar-refractivity contribution in [2.24, 2.45) is 39.4 Å². The lowest BCUT2D eigenvalue weighted by Gasteiger charge is -2.62. The second kappa shape index (κ2) is 13.2. The van der Waals surface area contributed by atoms with Crippen molar-refractivity contribution < 1.29 is 44.2 Å². The van der Waals surface area contributed by atoms with Crippen LogP contribution in [0.15, 0.2) is 22.8 Å². The molecule has 0 bridgehead atoms. The van der Waals surface area contributed by atoms with Crippen LogP contribution in [0.3, 0.4) is 0 Å². The number of carbonyl (C=O) groups is 2. The quantitative estimate of drug-likeness (QED) is 0.200. The summed E-state index contributed by atoms with van der Waals surface area (Å²) in [5, 5.41) is 40.9. The molecule has 5 rings (SSSR count). The molecule has 2 saturated carbocycles. The molecular formula is C38H60O9. The van der Waals surface area contributed by atoms with Crippen molar-refractivity contribution in [3.63, 3.8) is 0 Å². The fourth-order valence-electron chi connectivity index (χ4n) is 11.2. The van der Waals surface area contributed by atoms with Gasteiger partial charge in [-0.15, -0.1) is 0 Å². The van der Waals surface area contributed by atoms with Gasteiger partial charge in [-0.05, 0) is 106 Å². The molecule has 266 valence electrons. The predicted octanol–water partition coefficient (Wildman–Crippen LogP) is 5.37. The third-order valence-corrected chi connectivity index (χ3v) is 14.0. The third kappa shape index (κ3) is 6.04. The third-order valence-electron chi connectivity index (χ3n) is 14.0. The number of esters is 2. The predicted molar refractivity (Wildman–Crippen MR) is 177 cm³/mol. The molecule has 9 heteroatoms. The van der Waals surface area contributed by atoms with Crippen molar-refractivity contribution in [1.29, 1.82) is 0 Å². The Kier molecular flexibility index (Phi) is 10.2. The van der Waals surface area contributed by atoms with Crippen molar-refractivity contribution in [1.82, 2.24) is 0 Å². The Morgan fingerprint density at radius 3 is 2.23 bits per heavy atom.